The molecule has 3 rings (SSSR count). The molecule has 0 radical (unpaired) electrons. The minimum atomic E-state index is -0.362. The van der Waals surface area contributed by atoms with Gasteiger partial charge in [0.25, 0.3) is 0 Å². The summed E-state index contributed by atoms with van der Waals surface area (Å²) in [5.74, 6) is 0.702. The summed E-state index contributed by atoms with van der Waals surface area (Å²) >= 11 is 0. The smallest absolute Gasteiger partial charge is 0.244 e. The molecular formula is C24H29FN2O4. The molecule has 2 aromatic carbocycles. The van der Waals surface area contributed by atoms with Crippen LogP contribution < -0.4 is 14.8 Å². The van der Waals surface area contributed by atoms with E-state index >= 15 is 0 Å². The number of methoxy groups -OCH3 is 1. The highest BCUT2D eigenvalue weighted by Gasteiger charge is 2.24. The van der Waals surface area contributed by atoms with Gasteiger partial charge in [0.1, 0.15) is 5.82 Å². The van der Waals surface area contributed by atoms with E-state index in [0.717, 1.165) is 18.7 Å². The lowest BCUT2D eigenvalue weighted by atomic mass is 10.0. The zero-order chi connectivity index (χ0) is 22.1. The number of benzene rings is 2. The van der Waals surface area contributed by atoms with Gasteiger partial charge in [-0.1, -0.05) is 24.3 Å². The highest BCUT2D eigenvalue weighted by atomic mass is 19.1. The van der Waals surface area contributed by atoms with E-state index in [4.69, 9.17) is 14.2 Å². The summed E-state index contributed by atoms with van der Waals surface area (Å²) < 4.78 is 30.4. The Bertz CT molecular complexity index is 897. The SMILES string of the molecule is CCOc1ccc(C(CNC(=O)/C=C/c2ccccc2F)N2CCOCC2)cc1OC. The van der Waals surface area contributed by atoms with E-state index < -0.39 is 0 Å². The second kappa shape index (κ2) is 11.5. The van der Waals surface area contributed by atoms with Gasteiger partial charge in [-0.05, 0) is 36.8 Å². The molecule has 1 atom stereocenters. The number of amides is 1. The molecule has 1 N–H and O–H groups in total. The van der Waals surface area contributed by atoms with Crippen LogP contribution in [0.25, 0.3) is 6.08 Å². The van der Waals surface area contributed by atoms with E-state index in [2.05, 4.69) is 10.2 Å². The monoisotopic (exact) mass is 428 g/mol. The second-order valence-corrected chi connectivity index (χ2v) is 7.11. The molecule has 1 amide bonds. The Morgan fingerprint density at radius 3 is 2.71 bits per heavy atom. The Labute approximate surface area is 182 Å². The minimum absolute atomic E-state index is 0.0562. The van der Waals surface area contributed by atoms with Crippen molar-refractivity contribution < 1.29 is 23.4 Å². The number of nitrogens with zero attached hydrogens (tertiary/aromatic N) is 1. The number of nitrogens with one attached hydrogen (secondary N) is 1. The van der Waals surface area contributed by atoms with Crippen LogP contribution in [0, 0.1) is 5.82 Å². The molecule has 0 saturated carbocycles. The number of halogens is 1. The van der Waals surface area contributed by atoms with Crippen LogP contribution in [-0.2, 0) is 9.53 Å². The Morgan fingerprint density at radius 1 is 1.23 bits per heavy atom. The summed E-state index contributed by atoms with van der Waals surface area (Å²) in [5.41, 5.74) is 1.39. The van der Waals surface area contributed by atoms with Gasteiger partial charge in [0.2, 0.25) is 5.91 Å². The predicted octanol–water partition coefficient (Wildman–Crippen LogP) is 3.44. The number of rotatable bonds is 9. The molecule has 1 saturated heterocycles. The lowest BCUT2D eigenvalue weighted by Gasteiger charge is -2.35. The van der Waals surface area contributed by atoms with Crippen LogP contribution in [0.2, 0.25) is 0 Å². The average Bonchev–Trinajstić information content (AvgIpc) is 2.80. The van der Waals surface area contributed by atoms with Crippen molar-refractivity contribution in [2.75, 3.05) is 46.6 Å². The van der Waals surface area contributed by atoms with Crippen LogP contribution in [0.4, 0.5) is 4.39 Å². The summed E-state index contributed by atoms with van der Waals surface area (Å²) in [6.07, 6.45) is 2.84. The summed E-state index contributed by atoms with van der Waals surface area (Å²) in [7, 11) is 1.61. The zero-order valence-corrected chi connectivity index (χ0v) is 18.0. The third-order valence-corrected chi connectivity index (χ3v) is 5.15. The van der Waals surface area contributed by atoms with Gasteiger partial charge in [-0.25, -0.2) is 4.39 Å². The molecule has 7 heteroatoms. The molecule has 1 aliphatic heterocycles. The maximum Gasteiger partial charge on any atom is 0.244 e. The molecule has 2 aromatic rings. The van der Waals surface area contributed by atoms with Gasteiger partial charge >= 0.3 is 0 Å². The van der Waals surface area contributed by atoms with Crippen LogP contribution >= 0.6 is 0 Å². The van der Waals surface area contributed by atoms with E-state index in [9.17, 15) is 9.18 Å². The lowest BCUT2D eigenvalue weighted by molar-refractivity contribution is -0.116. The van der Waals surface area contributed by atoms with E-state index in [1.165, 1.54) is 18.2 Å². The fourth-order valence-corrected chi connectivity index (χ4v) is 3.55. The zero-order valence-electron chi connectivity index (χ0n) is 18.0. The lowest BCUT2D eigenvalue weighted by Crippen LogP contribution is -2.43. The standard InChI is InChI=1S/C24H29FN2O4/c1-3-31-22-10-8-19(16-23(22)29-2)21(27-12-14-30-15-13-27)17-26-24(28)11-9-18-6-4-5-7-20(18)25/h4-11,16,21H,3,12-15,17H2,1-2H3,(H,26,28)/b11-9+. The number of carbonyl (C=O) groups is 1. The molecular weight excluding hydrogens is 399 g/mol. The molecule has 1 aliphatic rings. The van der Waals surface area contributed by atoms with E-state index in [1.54, 1.807) is 25.3 Å². The molecule has 1 unspecified atom stereocenters. The molecule has 0 aromatic heterocycles. The van der Waals surface area contributed by atoms with Crippen molar-refractivity contribution >= 4 is 12.0 Å². The molecule has 166 valence electrons. The first-order valence-electron chi connectivity index (χ1n) is 10.4. The van der Waals surface area contributed by atoms with Crippen molar-refractivity contribution in [1.82, 2.24) is 10.2 Å². The molecule has 6 nitrogen and oxygen atoms in total. The third-order valence-electron chi connectivity index (χ3n) is 5.15. The van der Waals surface area contributed by atoms with Crippen LogP contribution in [0.1, 0.15) is 24.1 Å². The first kappa shape index (κ1) is 22.8. The predicted molar refractivity (Wildman–Crippen MR) is 118 cm³/mol. The van der Waals surface area contributed by atoms with E-state index in [1.807, 2.05) is 25.1 Å². The Balaban J connectivity index is 1.73. The number of hydrogen-bond acceptors (Lipinski definition) is 5. The van der Waals surface area contributed by atoms with Crippen LogP contribution in [0.3, 0.4) is 0 Å². The van der Waals surface area contributed by atoms with Crippen molar-refractivity contribution in [3.8, 4) is 11.5 Å². The van der Waals surface area contributed by atoms with Crippen molar-refractivity contribution in [3.63, 3.8) is 0 Å². The van der Waals surface area contributed by atoms with Crippen molar-refractivity contribution in [2.24, 2.45) is 0 Å². The van der Waals surface area contributed by atoms with Gasteiger partial charge in [0.05, 0.1) is 33.0 Å². The van der Waals surface area contributed by atoms with Gasteiger partial charge in [-0.2, -0.15) is 0 Å². The van der Waals surface area contributed by atoms with Crippen LogP contribution in [0.5, 0.6) is 11.5 Å². The Kier molecular flexibility index (Phi) is 8.44. The Morgan fingerprint density at radius 2 is 2.00 bits per heavy atom. The van der Waals surface area contributed by atoms with Crippen molar-refractivity contribution in [2.45, 2.75) is 13.0 Å². The first-order valence-corrected chi connectivity index (χ1v) is 10.4. The highest BCUT2D eigenvalue weighted by molar-refractivity contribution is 5.91. The topological polar surface area (TPSA) is 60.0 Å². The molecule has 0 spiro atoms. The largest absolute Gasteiger partial charge is 0.493 e. The van der Waals surface area contributed by atoms with E-state index in [0.29, 0.717) is 43.4 Å². The van der Waals surface area contributed by atoms with Crippen molar-refractivity contribution in [3.05, 3.63) is 65.5 Å². The maximum atomic E-state index is 13.8. The first-order chi connectivity index (χ1) is 15.1. The van der Waals surface area contributed by atoms with Gasteiger partial charge in [-0.3, -0.25) is 9.69 Å². The van der Waals surface area contributed by atoms with Crippen LogP contribution in [-0.4, -0.2) is 57.4 Å². The number of ether oxygens (including phenoxy) is 3. The molecule has 1 heterocycles. The van der Waals surface area contributed by atoms with Crippen LogP contribution in [0.15, 0.2) is 48.5 Å². The summed E-state index contributed by atoms with van der Waals surface area (Å²) in [6.45, 7) is 5.69. The van der Waals surface area contributed by atoms with Gasteiger partial charge in [0.15, 0.2) is 11.5 Å². The number of morpholine rings is 1. The minimum Gasteiger partial charge on any atom is -0.493 e. The normalized spacial score (nSPS) is 15.6. The fraction of sp³-hybridized carbons (Fsp3) is 0.375. The highest BCUT2D eigenvalue weighted by Crippen LogP contribution is 2.32. The van der Waals surface area contributed by atoms with Gasteiger partial charge in [-0.15, -0.1) is 0 Å². The summed E-state index contributed by atoms with van der Waals surface area (Å²) in [6, 6.07) is 12.1. The third kappa shape index (κ3) is 6.29. The van der Waals surface area contributed by atoms with Crippen molar-refractivity contribution in [1.29, 1.82) is 0 Å². The molecule has 31 heavy (non-hydrogen) atoms. The second-order valence-electron chi connectivity index (χ2n) is 7.11. The van der Waals surface area contributed by atoms with Gasteiger partial charge < -0.3 is 19.5 Å². The average molecular weight is 429 g/mol. The van der Waals surface area contributed by atoms with Gasteiger partial charge in [0, 0.05) is 31.3 Å². The molecule has 0 aliphatic carbocycles. The summed E-state index contributed by atoms with van der Waals surface area (Å²) in [5, 5.41) is 2.94. The molecule has 0 bridgehead atoms. The maximum absolute atomic E-state index is 13.8. The Hall–Kier alpha value is -2.90. The quantitative estimate of drug-likeness (QED) is 0.620. The number of carbonyl (C=O) groups excluding carboxylic acids is 1. The summed E-state index contributed by atoms with van der Waals surface area (Å²) in [4.78, 5) is 14.7. The fourth-order valence-electron chi connectivity index (χ4n) is 3.55. The van der Waals surface area contributed by atoms with E-state index in [-0.39, 0.29) is 17.8 Å². The molecule has 1 fully saturated rings. The number of hydrogen-bond donors (Lipinski definition) is 1.